The van der Waals surface area contributed by atoms with Crippen LogP contribution in [0, 0.1) is 12.8 Å². The minimum atomic E-state index is -0.601. The summed E-state index contributed by atoms with van der Waals surface area (Å²) in [6.45, 7) is 8.81. The molecule has 1 amide bonds. The van der Waals surface area contributed by atoms with E-state index in [1.165, 1.54) is 5.56 Å². The number of ether oxygens (including phenoxy) is 1. The minimum absolute atomic E-state index is 0.00916. The zero-order chi connectivity index (χ0) is 25.1. The Kier molecular flexibility index (Phi) is 7.63. The number of ketones is 1. The topological polar surface area (TPSA) is 66.8 Å². The summed E-state index contributed by atoms with van der Waals surface area (Å²) in [5.74, 6) is -0.0706. The molecule has 1 N–H and O–H groups in total. The van der Waals surface area contributed by atoms with Crippen LogP contribution in [0.4, 0.5) is 0 Å². The van der Waals surface area contributed by atoms with Gasteiger partial charge >= 0.3 is 0 Å². The average Bonchev–Trinajstić information content (AvgIpc) is 3.13. The largest absolute Gasteiger partial charge is 0.507 e. The summed E-state index contributed by atoms with van der Waals surface area (Å²) in [7, 11) is 0. The van der Waals surface area contributed by atoms with E-state index in [9.17, 15) is 14.7 Å². The van der Waals surface area contributed by atoms with Gasteiger partial charge in [0.15, 0.2) is 0 Å². The van der Waals surface area contributed by atoms with Crippen molar-refractivity contribution in [2.75, 3.05) is 6.61 Å². The molecule has 5 nitrogen and oxygen atoms in total. The number of aliphatic hydroxyl groups is 1. The van der Waals surface area contributed by atoms with Gasteiger partial charge in [-0.1, -0.05) is 64.3 Å². The fourth-order valence-corrected chi connectivity index (χ4v) is 5.22. The molecule has 1 heterocycles. The fourth-order valence-electron chi connectivity index (χ4n) is 5.22. The Balaban J connectivity index is 1.78. The van der Waals surface area contributed by atoms with Crippen molar-refractivity contribution in [3.63, 3.8) is 0 Å². The Hall–Kier alpha value is -3.08. The molecule has 0 aromatic heterocycles. The first-order valence-corrected chi connectivity index (χ1v) is 12.9. The third-order valence-electron chi connectivity index (χ3n) is 7.17. The zero-order valence-electron chi connectivity index (χ0n) is 21.3. The van der Waals surface area contributed by atoms with Gasteiger partial charge < -0.3 is 14.7 Å². The van der Waals surface area contributed by atoms with Crippen molar-refractivity contribution in [2.24, 2.45) is 5.92 Å². The summed E-state index contributed by atoms with van der Waals surface area (Å²) < 4.78 is 5.88. The smallest absolute Gasteiger partial charge is 0.295 e. The van der Waals surface area contributed by atoms with Crippen LogP contribution in [-0.4, -0.2) is 34.3 Å². The first kappa shape index (κ1) is 25.0. The maximum atomic E-state index is 13.4. The molecule has 2 fully saturated rings. The molecule has 186 valence electrons. The average molecular weight is 476 g/mol. The Bertz CT molecular complexity index is 1110. The highest BCUT2D eigenvalue weighted by molar-refractivity contribution is 6.46. The lowest BCUT2D eigenvalue weighted by Gasteiger charge is -2.35. The number of aliphatic hydroxyl groups excluding tert-OH is 1. The van der Waals surface area contributed by atoms with E-state index in [4.69, 9.17) is 4.74 Å². The van der Waals surface area contributed by atoms with Crippen molar-refractivity contribution in [3.8, 4) is 5.75 Å². The monoisotopic (exact) mass is 475 g/mol. The Labute approximate surface area is 208 Å². The number of aryl methyl sites for hydroxylation is 2. The lowest BCUT2D eigenvalue weighted by molar-refractivity contribution is -0.141. The molecule has 0 bridgehead atoms. The third kappa shape index (κ3) is 5.14. The van der Waals surface area contributed by atoms with Crippen molar-refractivity contribution in [3.05, 3.63) is 70.3 Å². The molecule has 1 aliphatic carbocycles. The van der Waals surface area contributed by atoms with Crippen molar-refractivity contribution in [1.29, 1.82) is 0 Å². The fraction of sp³-hybridized carbons (Fsp3) is 0.467. The second-order valence-corrected chi connectivity index (χ2v) is 10.3. The van der Waals surface area contributed by atoms with E-state index in [0.717, 1.165) is 55.4 Å². The number of rotatable bonds is 7. The van der Waals surface area contributed by atoms with Crippen LogP contribution in [-0.2, 0) is 16.0 Å². The molecule has 1 atom stereocenters. The van der Waals surface area contributed by atoms with Crippen molar-refractivity contribution >= 4 is 17.4 Å². The molecular formula is C30H37NO4. The van der Waals surface area contributed by atoms with Crippen LogP contribution in [0.1, 0.15) is 81.2 Å². The van der Waals surface area contributed by atoms with Crippen LogP contribution >= 0.6 is 0 Å². The molecule has 35 heavy (non-hydrogen) atoms. The van der Waals surface area contributed by atoms with Crippen LogP contribution in [0.3, 0.4) is 0 Å². The molecule has 0 radical (unpaired) electrons. The van der Waals surface area contributed by atoms with E-state index in [2.05, 4.69) is 20.8 Å². The number of carbonyl (C=O) groups is 2. The van der Waals surface area contributed by atoms with Gasteiger partial charge in [0.25, 0.3) is 11.7 Å². The molecule has 1 aliphatic heterocycles. The van der Waals surface area contributed by atoms with Gasteiger partial charge in [-0.15, -0.1) is 0 Å². The summed E-state index contributed by atoms with van der Waals surface area (Å²) in [5.41, 5.74) is 3.63. The van der Waals surface area contributed by atoms with Gasteiger partial charge in [-0.05, 0) is 67.0 Å². The van der Waals surface area contributed by atoms with Gasteiger partial charge in [0, 0.05) is 11.6 Å². The second-order valence-electron chi connectivity index (χ2n) is 10.3. The predicted octanol–water partition coefficient (Wildman–Crippen LogP) is 6.35. The van der Waals surface area contributed by atoms with E-state index in [-0.39, 0.29) is 17.4 Å². The standard InChI is InChI=1S/C30H37NO4/c1-5-21-11-13-22(14-12-21)27-26(29(33)30(34)31(27)24-9-7-6-8-10-24)28(32)23-15-16-25(20(4)17-23)35-18-19(2)3/h11-17,19,24,27,32H,5-10,18H2,1-4H3/b28-26-. The minimum Gasteiger partial charge on any atom is -0.507 e. The van der Waals surface area contributed by atoms with Gasteiger partial charge in [-0.25, -0.2) is 0 Å². The molecule has 2 aliphatic rings. The van der Waals surface area contributed by atoms with Crippen LogP contribution in [0.2, 0.25) is 0 Å². The normalized spacial score (nSPS) is 20.6. The second kappa shape index (κ2) is 10.7. The van der Waals surface area contributed by atoms with Crippen LogP contribution in [0.15, 0.2) is 48.0 Å². The maximum absolute atomic E-state index is 13.4. The quantitative estimate of drug-likeness (QED) is 0.288. The highest BCUT2D eigenvalue weighted by Gasteiger charge is 2.48. The summed E-state index contributed by atoms with van der Waals surface area (Å²) in [6.07, 6.45) is 5.93. The number of nitrogens with zero attached hydrogens (tertiary/aromatic N) is 1. The van der Waals surface area contributed by atoms with Gasteiger partial charge in [-0.3, -0.25) is 9.59 Å². The number of amides is 1. The lowest BCUT2D eigenvalue weighted by atomic mass is 9.90. The number of benzene rings is 2. The molecule has 2 aromatic rings. The molecule has 1 saturated carbocycles. The van der Waals surface area contributed by atoms with E-state index < -0.39 is 17.7 Å². The maximum Gasteiger partial charge on any atom is 0.295 e. The Morgan fingerprint density at radius 1 is 1.06 bits per heavy atom. The zero-order valence-corrected chi connectivity index (χ0v) is 21.3. The highest BCUT2D eigenvalue weighted by atomic mass is 16.5. The molecule has 0 spiro atoms. The predicted molar refractivity (Wildman–Crippen MR) is 138 cm³/mol. The molecule has 1 unspecified atom stereocenters. The van der Waals surface area contributed by atoms with Crippen LogP contribution in [0.5, 0.6) is 5.75 Å². The number of likely N-dealkylation sites (tertiary alicyclic amines) is 1. The summed E-state index contributed by atoms with van der Waals surface area (Å²) in [5, 5.41) is 11.4. The van der Waals surface area contributed by atoms with E-state index in [1.54, 1.807) is 11.0 Å². The SMILES string of the molecule is CCc1ccc(C2/C(=C(/O)c3ccc(OCC(C)C)c(C)c3)C(=O)C(=O)N2C2CCCCC2)cc1. The summed E-state index contributed by atoms with van der Waals surface area (Å²) in [4.78, 5) is 28.5. The molecule has 4 rings (SSSR count). The van der Waals surface area contributed by atoms with Crippen LogP contribution in [0.25, 0.3) is 5.76 Å². The van der Waals surface area contributed by atoms with Crippen molar-refractivity contribution in [1.82, 2.24) is 4.90 Å². The Morgan fingerprint density at radius 3 is 2.34 bits per heavy atom. The first-order chi connectivity index (χ1) is 16.8. The van der Waals surface area contributed by atoms with E-state index in [0.29, 0.717) is 18.1 Å². The number of Topliss-reactive ketones (excluding diaryl/α,β-unsaturated/α-hetero) is 1. The van der Waals surface area contributed by atoms with E-state index >= 15 is 0 Å². The molecule has 1 saturated heterocycles. The van der Waals surface area contributed by atoms with Crippen LogP contribution < -0.4 is 4.74 Å². The lowest BCUT2D eigenvalue weighted by Crippen LogP contribution is -2.40. The molecule has 2 aromatic carbocycles. The number of hydrogen-bond acceptors (Lipinski definition) is 4. The van der Waals surface area contributed by atoms with Crippen molar-refractivity contribution in [2.45, 2.75) is 78.3 Å². The van der Waals surface area contributed by atoms with Gasteiger partial charge in [0.1, 0.15) is 11.5 Å². The van der Waals surface area contributed by atoms with E-state index in [1.807, 2.05) is 43.3 Å². The van der Waals surface area contributed by atoms with Crippen molar-refractivity contribution < 1.29 is 19.4 Å². The number of carbonyl (C=O) groups excluding carboxylic acids is 2. The molecule has 5 heteroatoms. The molecular weight excluding hydrogens is 438 g/mol. The highest BCUT2D eigenvalue weighted by Crippen LogP contribution is 2.43. The summed E-state index contributed by atoms with van der Waals surface area (Å²) >= 11 is 0. The summed E-state index contributed by atoms with van der Waals surface area (Å²) in [6, 6.07) is 12.9. The first-order valence-electron chi connectivity index (χ1n) is 12.9. The number of hydrogen-bond donors (Lipinski definition) is 1. The van der Waals surface area contributed by atoms with Gasteiger partial charge in [0.2, 0.25) is 0 Å². The third-order valence-corrected chi connectivity index (χ3v) is 7.17. The van der Waals surface area contributed by atoms with Gasteiger partial charge in [0.05, 0.1) is 18.2 Å². The Morgan fingerprint density at radius 2 is 1.74 bits per heavy atom. The van der Waals surface area contributed by atoms with Gasteiger partial charge in [-0.2, -0.15) is 0 Å².